The minimum absolute atomic E-state index is 0.203. The molecule has 0 fully saturated rings. The first-order valence-corrected chi connectivity index (χ1v) is 8.45. The number of urea groups is 1. The summed E-state index contributed by atoms with van der Waals surface area (Å²) in [5.74, 6) is -0.277. The first-order chi connectivity index (χ1) is 11.9. The van der Waals surface area contributed by atoms with Crippen LogP contribution in [-0.4, -0.2) is 30.5 Å². The Morgan fingerprint density at radius 1 is 1.08 bits per heavy atom. The van der Waals surface area contributed by atoms with Crippen LogP contribution >= 0.6 is 23.2 Å². The number of nitrogens with one attached hydrogen (secondary N) is 1. The summed E-state index contributed by atoms with van der Waals surface area (Å²) < 4.78 is 5.25. The number of amides is 2. The standard InChI is InChI=1S/C18H18Cl2N2O3/c1-3-8-22(2)18(24)21-15-6-4-12(5-7-15)17(23)25-16-10-13(19)9-14(20)11-16/h4-7,9-11H,3,8H2,1-2H3,(H,21,24). The third kappa shape index (κ3) is 5.66. The van der Waals surface area contributed by atoms with Gasteiger partial charge in [0.1, 0.15) is 5.75 Å². The molecule has 0 aliphatic carbocycles. The van der Waals surface area contributed by atoms with Crippen LogP contribution in [0, 0.1) is 0 Å². The lowest BCUT2D eigenvalue weighted by molar-refractivity contribution is 0.0735. The number of carbonyl (C=O) groups excluding carboxylic acids is 2. The highest BCUT2D eigenvalue weighted by atomic mass is 35.5. The van der Waals surface area contributed by atoms with Crippen LogP contribution in [0.25, 0.3) is 0 Å². The zero-order chi connectivity index (χ0) is 18.4. The van der Waals surface area contributed by atoms with Gasteiger partial charge in [0, 0.05) is 29.3 Å². The van der Waals surface area contributed by atoms with E-state index in [-0.39, 0.29) is 11.8 Å². The maximum atomic E-state index is 12.2. The van der Waals surface area contributed by atoms with Gasteiger partial charge in [0.15, 0.2) is 0 Å². The minimum atomic E-state index is -0.542. The third-order valence-electron chi connectivity index (χ3n) is 3.32. The number of halogens is 2. The van der Waals surface area contributed by atoms with E-state index in [1.54, 1.807) is 42.3 Å². The molecule has 25 heavy (non-hydrogen) atoms. The van der Waals surface area contributed by atoms with Gasteiger partial charge in [-0.3, -0.25) is 0 Å². The molecule has 0 saturated heterocycles. The highest BCUT2D eigenvalue weighted by Crippen LogP contribution is 2.25. The van der Waals surface area contributed by atoms with Crippen LogP contribution in [0.5, 0.6) is 5.75 Å². The van der Waals surface area contributed by atoms with Crippen molar-refractivity contribution >= 4 is 40.9 Å². The van der Waals surface area contributed by atoms with Gasteiger partial charge in [-0.25, -0.2) is 9.59 Å². The van der Waals surface area contributed by atoms with E-state index in [9.17, 15) is 9.59 Å². The van der Waals surface area contributed by atoms with E-state index in [2.05, 4.69) is 5.32 Å². The average Bonchev–Trinajstić information content (AvgIpc) is 2.54. The van der Waals surface area contributed by atoms with Crippen molar-refractivity contribution in [2.45, 2.75) is 13.3 Å². The number of anilines is 1. The van der Waals surface area contributed by atoms with Crippen molar-refractivity contribution in [3.05, 3.63) is 58.1 Å². The van der Waals surface area contributed by atoms with Crippen molar-refractivity contribution in [3.8, 4) is 5.75 Å². The molecule has 0 radical (unpaired) electrons. The summed E-state index contributed by atoms with van der Waals surface area (Å²) in [5.41, 5.74) is 0.936. The first-order valence-electron chi connectivity index (χ1n) is 7.69. The largest absolute Gasteiger partial charge is 0.423 e. The number of nitrogens with zero attached hydrogens (tertiary/aromatic N) is 1. The van der Waals surface area contributed by atoms with E-state index in [1.807, 2.05) is 6.92 Å². The third-order valence-corrected chi connectivity index (χ3v) is 3.76. The van der Waals surface area contributed by atoms with Gasteiger partial charge in [0.2, 0.25) is 0 Å². The topological polar surface area (TPSA) is 58.6 Å². The fraction of sp³-hybridized carbons (Fsp3) is 0.222. The molecule has 2 amide bonds. The van der Waals surface area contributed by atoms with Crippen LogP contribution in [0.3, 0.4) is 0 Å². The monoisotopic (exact) mass is 380 g/mol. The van der Waals surface area contributed by atoms with Gasteiger partial charge in [-0.1, -0.05) is 30.1 Å². The number of hydrogen-bond acceptors (Lipinski definition) is 3. The summed E-state index contributed by atoms with van der Waals surface area (Å²) in [7, 11) is 1.72. The molecule has 0 bridgehead atoms. The quantitative estimate of drug-likeness (QED) is 0.580. The fourth-order valence-corrected chi connectivity index (χ4v) is 2.60. The van der Waals surface area contributed by atoms with Gasteiger partial charge >= 0.3 is 12.0 Å². The van der Waals surface area contributed by atoms with E-state index in [0.29, 0.717) is 27.8 Å². The minimum Gasteiger partial charge on any atom is -0.423 e. The number of hydrogen-bond donors (Lipinski definition) is 1. The second-order valence-electron chi connectivity index (χ2n) is 5.42. The molecule has 0 aliphatic rings. The number of rotatable bonds is 5. The van der Waals surface area contributed by atoms with Crippen LogP contribution in [0.4, 0.5) is 10.5 Å². The van der Waals surface area contributed by atoms with Crippen LogP contribution in [0.2, 0.25) is 10.0 Å². The van der Waals surface area contributed by atoms with Gasteiger partial charge in [-0.2, -0.15) is 0 Å². The molecule has 2 aromatic rings. The maximum absolute atomic E-state index is 12.2. The molecule has 7 heteroatoms. The van der Waals surface area contributed by atoms with E-state index >= 15 is 0 Å². The van der Waals surface area contributed by atoms with E-state index in [0.717, 1.165) is 6.42 Å². The van der Waals surface area contributed by atoms with Crippen LogP contribution < -0.4 is 10.1 Å². The Morgan fingerprint density at radius 2 is 1.68 bits per heavy atom. The SMILES string of the molecule is CCCN(C)C(=O)Nc1ccc(C(=O)Oc2cc(Cl)cc(Cl)c2)cc1. The fourth-order valence-electron chi connectivity index (χ4n) is 2.10. The number of esters is 1. The molecule has 0 aromatic heterocycles. The number of ether oxygens (including phenoxy) is 1. The summed E-state index contributed by atoms with van der Waals surface area (Å²) in [4.78, 5) is 25.7. The molecule has 0 unspecified atom stereocenters. The van der Waals surface area contributed by atoms with Gasteiger partial charge < -0.3 is 15.0 Å². The zero-order valence-corrected chi connectivity index (χ0v) is 15.4. The van der Waals surface area contributed by atoms with Crippen molar-refractivity contribution in [1.29, 1.82) is 0 Å². The number of benzene rings is 2. The molecule has 2 aromatic carbocycles. The predicted octanol–water partition coefficient (Wildman–Crippen LogP) is 5.09. The molecule has 2 rings (SSSR count). The summed E-state index contributed by atoms with van der Waals surface area (Å²) in [6, 6.07) is 10.8. The van der Waals surface area contributed by atoms with Crippen LogP contribution in [0.15, 0.2) is 42.5 Å². The first kappa shape index (κ1) is 19.1. The Bertz CT molecular complexity index is 743. The van der Waals surface area contributed by atoms with Crippen molar-refractivity contribution in [2.24, 2.45) is 0 Å². The lowest BCUT2D eigenvalue weighted by Crippen LogP contribution is -2.31. The molecule has 0 spiro atoms. The predicted molar refractivity (Wildman–Crippen MR) is 99.8 cm³/mol. The average molecular weight is 381 g/mol. The summed E-state index contributed by atoms with van der Waals surface area (Å²) in [5, 5.41) is 3.52. The molecule has 0 atom stereocenters. The second-order valence-corrected chi connectivity index (χ2v) is 6.30. The molecular formula is C18H18Cl2N2O3. The smallest absolute Gasteiger partial charge is 0.343 e. The highest BCUT2D eigenvalue weighted by molar-refractivity contribution is 6.34. The molecule has 0 saturated carbocycles. The van der Waals surface area contributed by atoms with E-state index < -0.39 is 5.97 Å². The molecule has 5 nitrogen and oxygen atoms in total. The lowest BCUT2D eigenvalue weighted by Gasteiger charge is -2.17. The molecule has 1 N–H and O–H groups in total. The summed E-state index contributed by atoms with van der Waals surface area (Å²) >= 11 is 11.8. The van der Waals surface area contributed by atoms with E-state index in [1.165, 1.54) is 12.1 Å². The van der Waals surface area contributed by atoms with Crippen molar-refractivity contribution in [3.63, 3.8) is 0 Å². The summed E-state index contributed by atoms with van der Waals surface area (Å²) in [6.07, 6.45) is 0.877. The van der Waals surface area contributed by atoms with Gasteiger partial charge in [-0.05, 0) is 48.9 Å². The van der Waals surface area contributed by atoms with E-state index in [4.69, 9.17) is 27.9 Å². The second kappa shape index (κ2) is 8.74. The molecule has 0 heterocycles. The maximum Gasteiger partial charge on any atom is 0.343 e. The molecular weight excluding hydrogens is 363 g/mol. The van der Waals surface area contributed by atoms with Crippen LogP contribution in [-0.2, 0) is 0 Å². The number of carbonyl (C=O) groups is 2. The zero-order valence-electron chi connectivity index (χ0n) is 13.9. The van der Waals surface area contributed by atoms with Gasteiger partial charge in [0.25, 0.3) is 0 Å². The van der Waals surface area contributed by atoms with Crippen molar-refractivity contribution in [2.75, 3.05) is 18.9 Å². The van der Waals surface area contributed by atoms with Gasteiger partial charge in [0.05, 0.1) is 5.56 Å². The normalized spacial score (nSPS) is 10.2. The Morgan fingerprint density at radius 3 is 2.24 bits per heavy atom. The highest BCUT2D eigenvalue weighted by Gasteiger charge is 2.11. The Kier molecular flexibility index (Phi) is 6.67. The lowest BCUT2D eigenvalue weighted by atomic mass is 10.2. The van der Waals surface area contributed by atoms with Crippen LogP contribution in [0.1, 0.15) is 23.7 Å². The molecule has 0 aliphatic heterocycles. The van der Waals surface area contributed by atoms with Gasteiger partial charge in [-0.15, -0.1) is 0 Å². The molecule has 132 valence electrons. The van der Waals surface area contributed by atoms with Crippen molar-refractivity contribution < 1.29 is 14.3 Å². The Labute approximate surface area is 156 Å². The van der Waals surface area contributed by atoms with Crippen molar-refractivity contribution in [1.82, 2.24) is 4.90 Å². The Hall–Kier alpha value is -2.24. The summed E-state index contributed by atoms with van der Waals surface area (Å²) in [6.45, 7) is 2.66. The Balaban J connectivity index is 2.01.